The van der Waals surface area contributed by atoms with Crippen molar-refractivity contribution >= 4 is 27.9 Å². The van der Waals surface area contributed by atoms with Crippen LogP contribution in [0.15, 0.2) is 53.0 Å². The number of amides is 1. The lowest BCUT2D eigenvalue weighted by Crippen LogP contribution is -2.26. The molecule has 2 aromatic rings. The Hall–Kier alpha value is -2.47. The van der Waals surface area contributed by atoms with Crippen molar-refractivity contribution in [2.45, 2.75) is 0 Å². The third-order valence-electron chi connectivity index (χ3n) is 3.34. The lowest BCUT2D eigenvalue weighted by molar-refractivity contribution is -0.116. The number of halogens is 1. The van der Waals surface area contributed by atoms with Gasteiger partial charge >= 0.3 is 0 Å². The van der Waals surface area contributed by atoms with Crippen molar-refractivity contribution < 1.29 is 19.0 Å². The molecule has 2 aromatic carbocycles. The molecule has 25 heavy (non-hydrogen) atoms. The minimum Gasteiger partial charge on any atom is -0.497 e. The minimum atomic E-state index is -0.194. The Kier molecular flexibility index (Phi) is 7.35. The van der Waals surface area contributed by atoms with E-state index in [2.05, 4.69) is 21.2 Å². The molecule has 0 spiro atoms. The monoisotopic (exact) mass is 405 g/mol. The minimum absolute atomic E-state index is 0.194. The van der Waals surface area contributed by atoms with Crippen LogP contribution in [0.4, 0.5) is 0 Å². The second-order valence-corrected chi connectivity index (χ2v) is 5.95. The number of methoxy groups -OCH3 is 2. The van der Waals surface area contributed by atoms with Gasteiger partial charge in [0, 0.05) is 16.1 Å². The molecule has 0 aliphatic rings. The summed E-state index contributed by atoms with van der Waals surface area (Å²) in [6.07, 6.45) is 3.18. The number of ether oxygens (including phenoxy) is 3. The smallest absolute Gasteiger partial charge is 0.244 e. The lowest BCUT2D eigenvalue weighted by Gasteiger charge is -2.07. The highest BCUT2D eigenvalue weighted by Crippen LogP contribution is 2.24. The van der Waals surface area contributed by atoms with Gasteiger partial charge in [-0.15, -0.1) is 0 Å². The number of carbonyl (C=O) groups excluding carboxylic acids is 1. The van der Waals surface area contributed by atoms with Crippen molar-refractivity contribution in [1.82, 2.24) is 5.32 Å². The van der Waals surface area contributed by atoms with E-state index in [-0.39, 0.29) is 5.91 Å². The van der Waals surface area contributed by atoms with Gasteiger partial charge in [-0.2, -0.15) is 0 Å². The van der Waals surface area contributed by atoms with E-state index in [0.29, 0.717) is 18.9 Å². The molecule has 5 nitrogen and oxygen atoms in total. The number of rotatable bonds is 8. The normalized spacial score (nSPS) is 10.5. The summed E-state index contributed by atoms with van der Waals surface area (Å²) in [6.45, 7) is 0.789. The van der Waals surface area contributed by atoms with Crippen LogP contribution in [0.25, 0.3) is 6.08 Å². The highest BCUT2D eigenvalue weighted by Gasteiger charge is 2.02. The van der Waals surface area contributed by atoms with Crippen LogP contribution in [0.2, 0.25) is 0 Å². The zero-order valence-corrected chi connectivity index (χ0v) is 15.7. The molecule has 0 bridgehead atoms. The van der Waals surface area contributed by atoms with Crippen molar-refractivity contribution in [3.05, 3.63) is 58.6 Å². The van der Waals surface area contributed by atoms with Gasteiger partial charge in [0.25, 0.3) is 0 Å². The van der Waals surface area contributed by atoms with Crippen LogP contribution >= 0.6 is 15.9 Å². The zero-order valence-electron chi connectivity index (χ0n) is 14.1. The summed E-state index contributed by atoms with van der Waals surface area (Å²) in [5.41, 5.74) is 0.821. The van der Waals surface area contributed by atoms with E-state index in [1.54, 1.807) is 20.3 Å². The Bertz CT molecular complexity index is 729. The zero-order chi connectivity index (χ0) is 18.1. The Morgan fingerprint density at radius 3 is 2.48 bits per heavy atom. The summed E-state index contributed by atoms with van der Waals surface area (Å²) >= 11 is 3.40. The molecule has 0 unspecified atom stereocenters. The first-order valence-electron chi connectivity index (χ1n) is 7.68. The number of carbonyl (C=O) groups is 1. The fourth-order valence-corrected chi connectivity index (χ4v) is 2.45. The highest BCUT2D eigenvalue weighted by atomic mass is 79.9. The molecule has 0 saturated carbocycles. The van der Waals surface area contributed by atoms with E-state index < -0.39 is 0 Å². The third kappa shape index (κ3) is 6.15. The van der Waals surface area contributed by atoms with E-state index >= 15 is 0 Å². The molecule has 2 rings (SSSR count). The van der Waals surface area contributed by atoms with E-state index in [4.69, 9.17) is 14.2 Å². The van der Waals surface area contributed by atoms with Crippen LogP contribution in [0.3, 0.4) is 0 Å². The molecule has 0 aliphatic heterocycles. The molecule has 132 valence electrons. The second kappa shape index (κ2) is 9.74. The fourth-order valence-electron chi connectivity index (χ4n) is 2.07. The maximum atomic E-state index is 11.9. The fraction of sp³-hybridized carbons (Fsp3) is 0.211. The van der Waals surface area contributed by atoms with Crippen molar-refractivity contribution in [1.29, 1.82) is 0 Å². The summed E-state index contributed by atoms with van der Waals surface area (Å²) in [7, 11) is 3.21. The molecular formula is C19H20BrNO4. The summed E-state index contributed by atoms with van der Waals surface area (Å²) < 4.78 is 16.8. The molecule has 1 N–H and O–H groups in total. The van der Waals surface area contributed by atoms with Gasteiger partial charge < -0.3 is 19.5 Å². The number of hydrogen-bond donors (Lipinski definition) is 1. The van der Waals surface area contributed by atoms with Gasteiger partial charge in [0.15, 0.2) is 0 Å². The van der Waals surface area contributed by atoms with Crippen molar-refractivity contribution in [2.24, 2.45) is 0 Å². The van der Waals surface area contributed by atoms with E-state index in [9.17, 15) is 4.79 Å². The van der Waals surface area contributed by atoms with Crippen molar-refractivity contribution in [3.8, 4) is 17.2 Å². The standard InChI is InChI=1S/C19H20BrNO4/c1-23-16-5-7-17(8-6-16)25-12-11-21-19(22)10-3-14-13-15(20)4-9-18(14)24-2/h3-10,13H,11-12H2,1-2H3,(H,21,22)/b10-3+. The SMILES string of the molecule is COc1ccc(OCCNC(=O)/C=C/c2cc(Br)ccc2OC)cc1. The first-order valence-corrected chi connectivity index (χ1v) is 8.48. The molecule has 6 heteroatoms. The molecule has 0 aromatic heterocycles. The third-order valence-corrected chi connectivity index (χ3v) is 3.83. The molecule has 0 saturated heterocycles. The van der Waals surface area contributed by atoms with Gasteiger partial charge in [-0.05, 0) is 48.5 Å². The van der Waals surface area contributed by atoms with Gasteiger partial charge in [0.2, 0.25) is 5.91 Å². The number of benzene rings is 2. The maximum absolute atomic E-state index is 11.9. The van der Waals surface area contributed by atoms with Crippen LogP contribution in [0, 0.1) is 0 Å². The molecule has 0 heterocycles. The van der Waals surface area contributed by atoms with E-state index in [1.807, 2.05) is 42.5 Å². The van der Waals surface area contributed by atoms with Gasteiger partial charge in [0.05, 0.1) is 20.8 Å². The van der Waals surface area contributed by atoms with E-state index in [1.165, 1.54) is 6.08 Å². The van der Waals surface area contributed by atoms with Crippen molar-refractivity contribution in [3.63, 3.8) is 0 Å². The van der Waals surface area contributed by atoms with Crippen LogP contribution in [0.5, 0.6) is 17.2 Å². The predicted octanol–water partition coefficient (Wildman–Crippen LogP) is 3.67. The van der Waals surface area contributed by atoms with Crippen LogP contribution in [0.1, 0.15) is 5.56 Å². The molecule has 0 atom stereocenters. The number of nitrogens with one attached hydrogen (secondary N) is 1. The highest BCUT2D eigenvalue weighted by molar-refractivity contribution is 9.10. The average Bonchev–Trinajstić information content (AvgIpc) is 2.64. The first-order chi connectivity index (χ1) is 12.1. The van der Waals surface area contributed by atoms with Gasteiger partial charge in [-0.1, -0.05) is 15.9 Å². The van der Waals surface area contributed by atoms with Crippen LogP contribution in [-0.2, 0) is 4.79 Å². The Balaban J connectivity index is 1.77. The number of hydrogen-bond acceptors (Lipinski definition) is 4. The molecule has 0 aliphatic carbocycles. The van der Waals surface area contributed by atoms with Gasteiger partial charge in [-0.3, -0.25) is 4.79 Å². The van der Waals surface area contributed by atoms with Gasteiger partial charge in [0.1, 0.15) is 23.9 Å². The molecule has 1 amide bonds. The lowest BCUT2D eigenvalue weighted by atomic mass is 10.2. The first kappa shape index (κ1) is 18.9. The summed E-state index contributed by atoms with van der Waals surface area (Å²) in [5.74, 6) is 2.01. The van der Waals surface area contributed by atoms with Crippen molar-refractivity contribution in [2.75, 3.05) is 27.4 Å². The quantitative estimate of drug-likeness (QED) is 0.537. The topological polar surface area (TPSA) is 56.8 Å². The van der Waals surface area contributed by atoms with Crippen LogP contribution in [-0.4, -0.2) is 33.3 Å². The average molecular weight is 406 g/mol. The molecule has 0 radical (unpaired) electrons. The Morgan fingerprint density at radius 1 is 1.08 bits per heavy atom. The summed E-state index contributed by atoms with van der Waals surface area (Å²) in [6, 6.07) is 12.9. The largest absolute Gasteiger partial charge is 0.497 e. The Morgan fingerprint density at radius 2 is 1.80 bits per heavy atom. The summed E-state index contributed by atoms with van der Waals surface area (Å²) in [4.78, 5) is 11.9. The maximum Gasteiger partial charge on any atom is 0.244 e. The van der Waals surface area contributed by atoms with Gasteiger partial charge in [-0.25, -0.2) is 0 Å². The Labute approximate surface area is 155 Å². The summed E-state index contributed by atoms with van der Waals surface area (Å²) in [5, 5.41) is 2.77. The predicted molar refractivity (Wildman–Crippen MR) is 101 cm³/mol. The van der Waals surface area contributed by atoms with Crippen LogP contribution < -0.4 is 19.5 Å². The second-order valence-electron chi connectivity index (χ2n) is 5.03. The molecular weight excluding hydrogens is 386 g/mol. The molecule has 0 fully saturated rings. The van der Waals surface area contributed by atoms with E-state index in [0.717, 1.165) is 21.5 Å².